The fourth-order valence-electron chi connectivity index (χ4n) is 2.38. The number of halogens is 1. The summed E-state index contributed by atoms with van der Waals surface area (Å²) in [5.74, 6) is 0. The van der Waals surface area contributed by atoms with Crippen LogP contribution in [-0.4, -0.2) is 12.6 Å². The van der Waals surface area contributed by atoms with E-state index in [1.807, 2.05) is 24.4 Å². The summed E-state index contributed by atoms with van der Waals surface area (Å²) in [7, 11) is 0. The maximum absolute atomic E-state index is 11.7. The molecular weight excluding hydrogens is 316 g/mol. The molecule has 4 heteroatoms. The minimum Gasteiger partial charge on any atom is -0.338 e. The topological polar surface area (TPSA) is 41.1 Å². The van der Waals surface area contributed by atoms with Gasteiger partial charge in [0.25, 0.3) is 0 Å². The fourth-order valence-corrected chi connectivity index (χ4v) is 2.86. The van der Waals surface area contributed by atoms with E-state index in [9.17, 15) is 4.79 Å². The van der Waals surface area contributed by atoms with Gasteiger partial charge in [-0.2, -0.15) is 0 Å². The third kappa shape index (κ3) is 5.00. The van der Waals surface area contributed by atoms with E-state index in [2.05, 4.69) is 32.6 Å². The molecule has 1 saturated carbocycles. The van der Waals surface area contributed by atoms with E-state index in [0.717, 1.165) is 23.7 Å². The third-order valence-electron chi connectivity index (χ3n) is 3.54. The summed E-state index contributed by atoms with van der Waals surface area (Å²) < 4.78 is 1.09. The third-order valence-corrected chi connectivity index (χ3v) is 4.31. The van der Waals surface area contributed by atoms with E-state index in [-0.39, 0.29) is 6.03 Å². The quantitative estimate of drug-likeness (QED) is 0.852. The van der Waals surface area contributed by atoms with Crippen molar-refractivity contribution in [3.05, 3.63) is 46.1 Å². The summed E-state index contributed by atoms with van der Waals surface area (Å²) in [5, 5.41) is 5.71. The highest BCUT2D eigenvalue weighted by Crippen LogP contribution is 2.21. The van der Waals surface area contributed by atoms with Gasteiger partial charge in [-0.1, -0.05) is 46.1 Å². The van der Waals surface area contributed by atoms with Crippen LogP contribution in [0.3, 0.4) is 0 Å². The Balaban J connectivity index is 1.69. The van der Waals surface area contributed by atoms with Crippen molar-refractivity contribution < 1.29 is 4.79 Å². The molecule has 1 aliphatic rings. The number of hydrogen-bond donors (Lipinski definition) is 2. The predicted octanol–water partition coefficient (Wildman–Crippen LogP) is 4.14. The van der Waals surface area contributed by atoms with Gasteiger partial charge in [0.1, 0.15) is 0 Å². The van der Waals surface area contributed by atoms with Gasteiger partial charge >= 0.3 is 6.03 Å². The number of carbonyl (C=O) groups excluding carboxylic acids is 1. The van der Waals surface area contributed by atoms with Gasteiger partial charge in [0.15, 0.2) is 0 Å². The van der Waals surface area contributed by atoms with Gasteiger partial charge in [-0.15, -0.1) is 0 Å². The highest BCUT2D eigenvalue weighted by atomic mass is 79.9. The highest BCUT2D eigenvalue weighted by molar-refractivity contribution is 9.10. The number of urea groups is 1. The van der Waals surface area contributed by atoms with Crippen LogP contribution < -0.4 is 10.6 Å². The van der Waals surface area contributed by atoms with Crippen LogP contribution in [0.25, 0.3) is 0 Å². The molecule has 2 N–H and O–H groups in total. The Hall–Kier alpha value is -1.29. The lowest BCUT2D eigenvalue weighted by Crippen LogP contribution is -2.33. The lowest BCUT2D eigenvalue weighted by molar-refractivity contribution is 0.244. The number of benzene rings is 1. The SMILES string of the molecule is O=C(NC=C1CCCCC1)NCCc1ccccc1Br. The number of nitrogens with one attached hydrogen (secondary N) is 2. The minimum atomic E-state index is -0.116. The number of rotatable bonds is 4. The van der Waals surface area contributed by atoms with Crippen molar-refractivity contribution in [2.45, 2.75) is 38.5 Å². The first-order chi connectivity index (χ1) is 9.75. The van der Waals surface area contributed by atoms with Crippen LogP contribution in [0, 0.1) is 0 Å². The molecule has 0 spiro atoms. The second-order valence-electron chi connectivity index (χ2n) is 5.10. The van der Waals surface area contributed by atoms with Crippen molar-refractivity contribution in [2.75, 3.05) is 6.54 Å². The number of amides is 2. The Morgan fingerprint density at radius 1 is 1.20 bits per heavy atom. The molecule has 0 atom stereocenters. The average molecular weight is 337 g/mol. The monoisotopic (exact) mass is 336 g/mol. The number of hydrogen-bond acceptors (Lipinski definition) is 1. The van der Waals surface area contributed by atoms with E-state index in [1.54, 1.807) is 0 Å². The zero-order valence-electron chi connectivity index (χ0n) is 11.6. The zero-order valence-corrected chi connectivity index (χ0v) is 13.2. The highest BCUT2D eigenvalue weighted by Gasteiger charge is 2.06. The molecule has 1 aromatic rings. The van der Waals surface area contributed by atoms with E-state index < -0.39 is 0 Å². The van der Waals surface area contributed by atoms with Crippen molar-refractivity contribution in [1.29, 1.82) is 0 Å². The lowest BCUT2D eigenvalue weighted by Gasteiger charge is -2.13. The van der Waals surface area contributed by atoms with Crippen molar-refractivity contribution >= 4 is 22.0 Å². The molecule has 1 aromatic carbocycles. The molecule has 0 bridgehead atoms. The Morgan fingerprint density at radius 3 is 2.70 bits per heavy atom. The first-order valence-corrected chi connectivity index (χ1v) is 8.01. The molecule has 2 rings (SSSR count). The minimum absolute atomic E-state index is 0.116. The van der Waals surface area contributed by atoms with Crippen molar-refractivity contribution in [3.63, 3.8) is 0 Å². The second kappa shape index (κ2) is 8.10. The number of allylic oxidation sites excluding steroid dienone is 1. The lowest BCUT2D eigenvalue weighted by atomic mass is 9.96. The van der Waals surface area contributed by atoms with E-state index in [1.165, 1.54) is 30.4 Å². The zero-order chi connectivity index (χ0) is 14.2. The summed E-state index contributed by atoms with van der Waals surface area (Å²) in [6.45, 7) is 0.637. The van der Waals surface area contributed by atoms with Crippen LogP contribution in [0.1, 0.15) is 37.7 Å². The van der Waals surface area contributed by atoms with Crippen molar-refractivity contribution in [2.24, 2.45) is 0 Å². The van der Waals surface area contributed by atoms with Crippen molar-refractivity contribution in [1.82, 2.24) is 10.6 Å². The molecule has 2 amide bonds. The molecule has 0 heterocycles. The predicted molar refractivity (Wildman–Crippen MR) is 85.5 cm³/mol. The molecule has 3 nitrogen and oxygen atoms in total. The second-order valence-corrected chi connectivity index (χ2v) is 5.96. The molecule has 20 heavy (non-hydrogen) atoms. The van der Waals surface area contributed by atoms with E-state index in [0.29, 0.717) is 6.54 Å². The van der Waals surface area contributed by atoms with Gasteiger partial charge in [-0.3, -0.25) is 0 Å². The largest absolute Gasteiger partial charge is 0.338 e. The van der Waals surface area contributed by atoms with Gasteiger partial charge in [0, 0.05) is 17.2 Å². The summed E-state index contributed by atoms with van der Waals surface area (Å²) >= 11 is 3.51. The molecule has 0 aromatic heterocycles. The molecule has 0 aliphatic heterocycles. The van der Waals surface area contributed by atoms with Crippen LogP contribution in [0.2, 0.25) is 0 Å². The Bertz CT molecular complexity index is 477. The molecule has 1 aliphatic carbocycles. The molecule has 1 fully saturated rings. The normalized spacial score (nSPS) is 14.8. The first-order valence-electron chi connectivity index (χ1n) is 7.21. The van der Waals surface area contributed by atoms with Crippen LogP contribution in [0.4, 0.5) is 4.79 Å². The Morgan fingerprint density at radius 2 is 1.95 bits per heavy atom. The van der Waals surface area contributed by atoms with Crippen LogP contribution in [-0.2, 0) is 6.42 Å². The van der Waals surface area contributed by atoms with Gasteiger partial charge in [0.05, 0.1) is 0 Å². The molecular formula is C16H21BrN2O. The van der Waals surface area contributed by atoms with Gasteiger partial charge in [-0.05, 0) is 43.7 Å². The average Bonchev–Trinajstić information content (AvgIpc) is 2.48. The van der Waals surface area contributed by atoms with Gasteiger partial charge in [0.2, 0.25) is 0 Å². The summed E-state index contributed by atoms with van der Waals surface area (Å²) in [4.78, 5) is 11.7. The maximum Gasteiger partial charge on any atom is 0.318 e. The fraction of sp³-hybridized carbons (Fsp3) is 0.438. The summed E-state index contributed by atoms with van der Waals surface area (Å²) in [6.07, 6.45) is 8.76. The smallest absolute Gasteiger partial charge is 0.318 e. The van der Waals surface area contributed by atoms with Gasteiger partial charge < -0.3 is 10.6 Å². The molecule has 0 saturated heterocycles. The summed E-state index contributed by atoms with van der Waals surface area (Å²) in [6, 6.07) is 7.96. The van der Waals surface area contributed by atoms with Crippen LogP contribution in [0.5, 0.6) is 0 Å². The molecule has 0 unspecified atom stereocenters. The van der Waals surface area contributed by atoms with Crippen LogP contribution >= 0.6 is 15.9 Å². The van der Waals surface area contributed by atoms with E-state index in [4.69, 9.17) is 0 Å². The van der Waals surface area contributed by atoms with Crippen molar-refractivity contribution in [3.8, 4) is 0 Å². The Kier molecular flexibility index (Phi) is 6.12. The summed E-state index contributed by atoms with van der Waals surface area (Å²) in [5.41, 5.74) is 2.57. The first kappa shape index (κ1) is 15.1. The van der Waals surface area contributed by atoms with E-state index >= 15 is 0 Å². The Labute approximate surface area is 129 Å². The van der Waals surface area contributed by atoms with Crippen LogP contribution in [0.15, 0.2) is 40.5 Å². The molecule has 0 radical (unpaired) electrons. The standard InChI is InChI=1S/C16H21BrN2O/c17-15-9-5-4-8-14(15)10-11-18-16(20)19-12-13-6-2-1-3-7-13/h4-5,8-9,12H,1-3,6-7,10-11H2,(H2,18,19,20). The molecule has 108 valence electrons. The van der Waals surface area contributed by atoms with Gasteiger partial charge in [-0.25, -0.2) is 4.79 Å². The number of carbonyl (C=O) groups is 1. The maximum atomic E-state index is 11.7.